The van der Waals surface area contributed by atoms with E-state index < -0.39 is 17.4 Å². The molecule has 0 unspecified atom stereocenters. The number of thiazole rings is 1. The van der Waals surface area contributed by atoms with Crippen LogP contribution in [0.4, 0.5) is 0 Å². The lowest BCUT2D eigenvalue weighted by molar-refractivity contribution is -0.176. The largest absolute Gasteiger partial charge is 0.285 e. The zero-order chi connectivity index (χ0) is 19.2. The first-order chi connectivity index (χ1) is 12.9. The average Bonchev–Trinajstić information content (AvgIpc) is 3.16. The van der Waals surface area contributed by atoms with Gasteiger partial charge in [0.15, 0.2) is 9.94 Å². The molecule has 2 heterocycles. The van der Waals surface area contributed by atoms with Crippen LogP contribution in [-0.4, -0.2) is 32.6 Å². The third-order valence-corrected chi connectivity index (χ3v) is 6.30. The number of carbonyl (C=O) groups is 3. The van der Waals surface area contributed by atoms with Crippen molar-refractivity contribution in [3.05, 3.63) is 59.7 Å². The molecule has 0 spiro atoms. The zero-order valence-electron chi connectivity index (χ0n) is 14.5. The van der Waals surface area contributed by atoms with Gasteiger partial charge in [-0.25, -0.2) is 9.82 Å². The summed E-state index contributed by atoms with van der Waals surface area (Å²) in [5.41, 5.74) is -0.0402. The van der Waals surface area contributed by atoms with E-state index in [0.29, 0.717) is 9.40 Å². The summed E-state index contributed by atoms with van der Waals surface area (Å²) in [6.45, 7) is 3.05. The quantitative estimate of drug-likeness (QED) is 0.490. The summed E-state index contributed by atoms with van der Waals surface area (Å²) in [5, 5.41) is 0.319. The fraction of sp³-hybridized carbons (Fsp3) is 0.158. The van der Waals surface area contributed by atoms with Crippen LogP contribution in [0.5, 0.6) is 0 Å². The van der Waals surface area contributed by atoms with Crippen molar-refractivity contribution < 1.29 is 19.2 Å². The van der Waals surface area contributed by atoms with E-state index in [1.807, 2.05) is 24.3 Å². The molecule has 0 bridgehead atoms. The van der Waals surface area contributed by atoms with Gasteiger partial charge in [-0.1, -0.05) is 24.3 Å². The predicted molar refractivity (Wildman–Crippen MR) is 103 cm³/mol. The molecular formula is C19H14N2O4S2. The first kappa shape index (κ1) is 17.8. The van der Waals surface area contributed by atoms with Gasteiger partial charge in [0, 0.05) is 0 Å². The fourth-order valence-electron chi connectivity index (χ4n) is 2.61. The number of thioether (sulfide) groups is 1. The Morgan fingerprint density at radius 3 is 2.26 bits per heavy atom. The molecule has 136 valence electrons. The highest BCUT2D eigenvalue weighted by atomic mass is 32.2. The van der Waals surface area contributed by atoms with Gasteiger partial charge in [0.25, 0.3) is 11.8 Å². The molecule has 2 amide bonds. The lowest BCUT2D eigenvalue weighted by Crippen LogP contribution is -2.43. The number of hydrogen-bond acceptors (Lipinski definition) is 7. The Morgan fingerprint density at radius 2 is 1.63 bits per heavy atom. The van der Waals surface area contributed by atoms with E-state index >= 15 is 0 Å². The van der Waals surface area contributed by atoms with Crippen molar-refractivity contribution in [2.45, 2.75) is 23.8 Å². The molecule has 1 aliphatic heterocycles. The monoisotopic (exact) mass is 398 g/mol. The Labute approximate surface area is 163 Å². The van der Waals surface area contributed by atoms with E-state index in [1.165, 1.54) is 25.2 Å². The van der Waals surface area contributed by atoms with Gasteiger partial charge in [-0.05, 0) is 49.9 Å². The third-order valence-electron chi connectivity index (χ3n) is 4.02. The molecule has 0 atom stereocenters. The Bertz CT molecular complexity index is 1020. The minimum absolute atomic E-state index is 0.268. The molecular weight excluding hydrogens is 384 g/mol. The minimum atomic E-state index is -1.39. The maximum Gasteiger partial charge on any atom is 0.285 e. The predicted octanol–water partition coefficient (Wildman–Crippen LogP) is 3.92. The van der Waals surface area contributed by atoms with Crippen LogP contribution in [0.2, 0.25) is 0 Å². The lowest BCUT2D eigenvalue weighted by atomic mass is 10.1. The number of fused-ring (bicyclic) bond motifs is 2. The van der Waals surface area contributed by atoms with E-state index in [1.54, 1.807) is 24.3 Å². The van der Waals surface area contributed by atoms with Crippen LogP contribution in [0.15, 0.2) is 52.9 Å². The van der Waals surface area contributed by atoms with Gasteiger partial charge in [0.05, 0.1) is 21.3 Å². The second kappa shape index (κ2) is 6.56. The summed E-state index contributed by atoms with van der Waals surface area (Å²) < 4.78 is 1.56. The number of amides is 2. The van der Waals surface area contributed by atoms with E-state index in [0.717, 1.165) is 22.0 Å². The number of nitrogens with zero attached hydrogens (tertiary/aromatic N) is 2. The molecule has 0 N–H and O–H groups in total. The first-order valence-electron chi connectivity index (χ1n) is 8.11. The summed E-state index contributed by atoms with van der Waals surface area (Å²) in [5.74, 6) is -1.14. The van der Waals surface area contributed by atoms with Gasteiger partial charge in [0.2, 0.25) is 5.12 Å². The second-order valence-electron chi connectivity index (χ2n) is 6.39. The highest BCUT2D eigenvalue weighted by Crippen LogP contribution is 2.34. The molecule has 0 fully saturated rings. The van der Waals surface area contributed by atoms with E-state index in [-0.39, 0.29) is 16.2 Å². The maximum atomic E-state index is 12.7. The van der Waals surface area contributed by atoms with Gasteiger partial charge in [0.1, 0.15) is 0 Å². The van der Waals surface area contributed by atoms with Crippen molar-refractivity contribution in [3.63, 3.8) is 0 Å². The highest BCUT2D eigenvalue weighted by Gasteiger charge is 2.42. The van der Waals surface area contributed by atoms with Crippen LogP contribution >= 0.6 is 23.1 Å². The van der Waals surface area contributed by atoms with E-state index in [9.17, 15) is 14.4 Å². The standard InChI is InChI=1S/C19H14N2O4S2/c1-19(2,17(24)27-18-20-13-9-5-6-10-14(13)26-18)25-21-15(22)11-7-3-4-8-12(11)16(21)23/h3-10H,1-2H3. The topological polar surface area (TPSA) is 76.6 Å². The molecule has 4 rings (SSSR count). The summed E-state index contributed by atoms with van der Waals surface area (Å²) in [4.78, 5) is 47.6. The molecule has 27 heavy (non-hydrogen) atoms. The van der Waals surface area contributed by atoms with Crippen molar-refractivity contribution in [1.82, 2.24) is 10.0 Å². The van der Waals surface area contributed by atoms with Crippen LogP contribution < -0.4 is 0 Å². The number of benzene rings is 2. The van der Waals surface area contributed by atoms with E-state index in [2.05, 4.69) is 4.98 Å². The van der Waals surface area contributed by atoms with Crippen molar-refractivity contribution >= 4 is 50.2 Å². The summed E-state index contributed by atoms with van der Waals surface area (Å²) in [6, 6.07) is 14.1. The molecule has 3 aromatic rings. The van der Waals surface area contributed by atoms with Crippen molar-refractivity contribution in [1.29, 1.82) is 0 Å². The molecule has 1 aromatic heterocycles. The Hall–Kier alpha value is -2.55. The van der Waals surface area contributed by atoms with Crippen molar-refractivity contribution in [2.24, 2.45) is 0 Å². The van der Waals surface area contributed by atoms with E-state index in [4.69, 9.17) is 4.84 Å². The van der Waals surface area contributed by atoms with Gasteiger partial charge < -0.3 is 0 Å². The second-order valence-corrected chi connectivity index (χ2v) is 8.64. The SMILES string of the molecule is CC(C)(ON1C(=O)c2ccccc2C1=O)C(=O)Sc1nc2ccccc2s1. The number of rotatable bonds is 4. The average molecular weight is 398 g/mol. The Balaban J connectivity index is 1.52. The van der Waals surface area contributed by atoms with Crippen LogP contribution in [0.25, 0.3) is 10.2 Å². The first-order valence-corrected chi connectivity index (χ1v) is 9.75. The third kappa shape index (κ3) is 3.16. The van der Waals surface area contributed by atoms with Crippen LogP contribution in [0, 0.1) is 0 Å². The Morgan fingerprint density at radius 1 is 1.04 bits per heavy atom. The number of para-hydroxylation sites is 1. The van der Waals surface area contributed by atoms with Gasteiger partial charge >= 0.3 is 0 Å². The summed E-state index contributed by atoms with van der Waals surface area (Å²) in [6.07, 6.45) is 0. The summed E-state index contributed by atoms with van der Waals surface area (Å²) in [7, 11) is 0. The molecule has 0 radical (unpaired) electrons. The van der Waals surface area contributed by atoms with Crippen LogP contribution in [0.1, 0.15) is 34.6 Å². The number of hydroxylamine groups is 2. The summed E-state index contributed by atoms with van der Waals surface area (Å²) >= 11 is 2.34. The normalized spacial score (nSPS) is 14.1. The molecule has 8 heteroatoms. The van der Waals surface area contributed by atoms with Crippen LogP contribution in [-0.2, 0) is 9.63 Å². The van der Waals surface area contributed by atoms with Crippen molar-refractivity contribution in [2.75, 3.05) is 0 Å². The molecule has 0 aliphatic carbocycles. The molecule has 0 saturated carbocycles. The van der Waals surface area contributed by atoms with Gasteiger partial charge in [-0.2, -0.15) is 0 Å². The maximum absolute atomic E-state index is 12.7. The van der Waals surface area contributed by atoms with Gasteiger partial charge in [-0.15, -0.1) is 16.4 Å². The number of imide groups is 1. The number of aromatic nitrogens is 1. The number of hydrogen-bond donors (Lipinski definition) is 0. The zero-order valence-corrected chi connectivity index (χ0v) is 16.1. The molecule has 2 aromatic carbocycles. The lowest BCUT2D eigenvalue weighted by Gasteiger charge is -2.26. The van der Waals surface area contributed by atoms with Crippen molar-refractivity contribution in [3.8, 4) is 0 Å². The fourth-order valence-corrected chi connectivity index (χ4v) is 4.56. The smallest absolute Gasteiger partial charge is 0.283 e. The molecule has 1 aliphatic rings. The minimum Gasteiger partial charge on any atom is -0.283 e. The number of carbonyl (C=O) groups excluding carboxylic acids is 3. The Kier molecular flexibility index (Phi) is 4.33. The van der Waals surface area contributed by atoms with Gasteiger partial charge in [-0.3, -0.25) is 14.4 Å². The highest BCUT2D eigenvalue weighted by molar-refractivity contribution is 8.15. The van der Waals surface area contributed by atoms with Crippen LogP contribution in [0.3, 0.4) is 0 Å². The molecule has 6 nitrogen and oxygen atoms in total. The molecule has 0 saturated heterocycles.